The normalized spacial score (nSPS) is 13.2. The highest BCUT2D eigenvalue weighted by Crippen LogP contribution is 2.24. The highest BCUT2D eigenvalue weighted by molar-refractivity contribution is 6.32. The maximum absolute atomic E-state index is 12.3. The summed E-state index contributed by atoms with van der Waals surface area (Å²) in [5, 5.41) is 3.33. The van der Waals surface area contributed by atoms with Gasteiger partial charge >= 0.3 is 0 Å². The lowest BCUT2D eigenvalue weighted by molar-refractivity contribution is -0.128. The molecule has 0 aliphatic rings. The molecule has 1 amide bonds. The van der Waals surface area contributed by atoms with E-state index in [0.717, 1.165) is 5.56 Å². The number of rotatable bonds is 7. The minimum absolute atomic E-state index is 0.196. The maximum Gasteiger partial charge on any atom is 0.261 e. The average Bonchev–Trinajstić information content (AvgIpc) is 2.59. The molecule has 4 nitrogen and oxygen atoms in total. The van der Waals surface area contributed by atoms with Crippen molar-refractivity contribution < 1.29 is 9.53 Å². The van der Waals surface area contributed by atoms with Crippen LogP contribution < -0.4 is 15.8 Å². The van der Waals surface area contributed by atoms with E-state index in [1.54, 1.807) is 12.1 Å². The second-order valence-electron chi connectivity index (χ2n) is 5.21. The predicted octanol–water partition coefficient (Wildman–Crippen LogP) is 3.31. The molecule has 0 aromatic heterocycles. The first-order valence-electron chi connectivity index (χ1n) is 7.61. The zero-order valence-electron chi connectivity index (χ0n) is 13.0. The first-order valence-corrected chi connectivity index (χ1v) is 7.99. The molecule has 0 fully saturated rings. The van der Waals surface area contributed by atoms with Crippen LogP contribution in [0.1, 0.15) is 24.9 Å². The summed E-state index contributed by atoms with van der Waals surface area (Å²) < 4.78 is 5.71. The molecule has 0 heterocycles. The van der Waals surface area contributed by atoms with Crippen LogP contribution in [0, 0.1) is 0 Å². The van der Waals surface area contributed by atoms with Gasteiger partial charge in [0.15, 0.2) is 6.10 Å². The van der Waals surface area contributed by atoms with Crippen molar-refractivity contribution in [1.82, 2.24) is 5.32 Å². The van der Waals surface area contributed by atoms with Crippen molar-refractivity contribution in [2.75, 3.05) is 6.54 Å². The summed E-state index contributed by atoms with van der Waals surface area (Å²) in [4.78, 5) is 12.3. The van der Waals surface area contributed by atoms with Gasteiger partial charge in [-0.1, -0.05) is 61.0 Å². The summed E-state index contributed by atoms with van der Waals surface area (Å²) in [5.41, 5.74) is 7.06. The molecule has 3 N–H and O–H groups in total. The van der Waals surface area contributed by atoms with E-state index >= 15 is 0 Å². The van der Waals surface area contributed by atoms with Crippen molar-refractivity contribution >= 4 is 17.5 Å². The van der Waals surface area contributed by atoms with E-state index in [2.05, 4.69) is 5.32 Å². The van der Waals surface area contributed by atoms with Gasteiger partial charge in [-0.3, -0.25) is 4.79 Å². The Morgan fingerprint density at radius 1 is 1.17 bits per heavy atom. The number of benzene rings is 2. The second kappa shape index (κ2) is 8.56. The highest BCUT2D eigenvalue weighted by Gasteiger charge is 2.20. The van der Waals surface area contributed by atoms with Gasteiger partial charge in [-0.05, 0) is 24.1 Å². The summed E-state index contributed by atoms with van der Waals surface area (Å²) in [6, 6.07) is 16.5. The third-order valence-electron chi connectivity index (χ3n) is 3.49. The van der Waals surface area contributed by atoms with Crippen LogP contribution >= 0.6 is 11.6 Å². The van der Waals surface area contributed by atoms with Crippen LogP contribution in [0.2, 0.25) is 5.02 Å². The molecule has 23 heavy (non-hydrogen) atoms. The number of carbonyl (C=O) groups excluding carboxylic acids is 1. The van der Waals surface area contributed by atoms with Gasteiger partial charge in [-0.15, -0.1) is 0 Å². The second-order valence-corrected chi connectivity index (χ2v) is 5.61. The van der Waals surface area contributed by atoms with Crippen molar-refractivity contribution in [3.05, 3.63) is 65.2 Å². The Morgan fingerprint density at radius 2 is 1.83 bits per heavy atom. The number of hydrogen-bond acceptors (Lipinski definition) is 3. The topological polar surface area (TPSA) is 64.3 Å². The van der Waals surface area contributed by atoms with Crippen molar-refractivity contribution in [3.63, 3.8) is 0 Å². The smallest absolute Gasteiger partial charge is 0.261 e. The third-order valence-corrected chi connectivity index (χ3v) is 3.81. The zero-order valence-corrected chi connectivity index (χ0v) is 13.8. The molecule has 0 saturated heterocycles. The number of carbonyl (C=O) groups is 1. The molecule has 122 valence electrons. The van der Waals surface area contributed by atoms with Crippen LogP contribution in [0.5, 0.6) is 5.75 Å². The SMILES string of the molecule is CCC(Oc1ccccc1Cl)C(=O)NCC(N)c1ccccc1. The molecule has 0 saturated carbocycles. The van der Waals surface area contributed by atoms with Gasteiger partial charge in [-0.2, -0.15) is 0 Å². The van der Waals surface area contributed by atoms with E-state index in [0.29, 0.717) is 23.7 Å². The minimum atomic E-state index is -0.599. The van der Waals surface area contributed by atoms with Gasteiger partial charge in [-0.25, -0.2) is 0 Å². The van der Waals surface area contributed by atoms with E-state index in [1.165, 1.54) is 0 Å². The van der Waals surface area contributed by atoms with E-state index in [4.69, 9.17) is 22.1 Å². The first kappa shape index (κ1) is 17.3. The molecule has 2 aromatic rings. The fourth-order valence-electron chi connectivity index (χ4n) is 2.16. The van der Waals surface area contributed by atoms with E-state index < -0.39 is 6.10 Å². The Labute approximate surface area is 141 Å². The summed E-state index contributed by atoms with van der Waals surface area (Å²) in [6.45, 7) is 2.24. The third kappa shape index (κ3) is 4.98. The molecule has 2 aromatic carbocycles. The fourth-order valence-corrected chi connectivity index (χ4v) is 2.34. The van der Waals surface area contributed by atoms with Crippen LogP contribution in [0.4, 0.5) is 0 Å². The average molecular weight is 333 g/mol. The minimum Gasteiger partial charge on any atom is -0.479 e. The van der Waals surface area contributed by atoms with Crippen molar-refractivity contribution in [2.45, 2.75) is 25.5 Å². The largest absolute Gasteiger partial charge is 0.479 e. The Kier molecular flexibility index (Phi) is 6.44. The number of halogens is 1. The molecule has 0 spiro atoms. The number of ether oxygens (including phenoxy) is 1. The Morgan fingerprint density at radius 3 is 2.48 bits per heavy atom. The van der Waals surface area contributed by atoms with Gasteiger partial charge in [0.05, 0.1) is 5.02 Å². The van der Waals surface area contributed by atoms with Gasteiger partial charge in [0.2, 0.25) is 0 Å². The molecule has 2 unspecified atom stereocenters. The summed E-state index contributed by atoms with van der Waals surface area (Å²) in [7, 11) is 0. The molecule has 2 atom stereocenters. The van der Waals surface area contributed by atoms with Gasteiger partial charge < -0.3 is 15.8 Å². The van der Waals surface area contributed by atoms with Crippen molar-refractivity contribution in [2.24, 2.45) is 5.73 Å². The molecule has 5 heteroatoms. The molecular weight excluding hydrogens is 312 g/mol. The number of amides is 1. The quantitative estimate of drug-likeness (QED) is 0.817. The number of nitrogens with one attached hydrogen (secondary N) is 1. The van der Waals surface area contributed by atoms with Gasteiger partial charge in [0.25, 0.3) is 5.91 Å². The Hall–Kier alpha value is -2.04. The van der Waals surface area contributed by atoms with Crippen LogP contribution in [-0.4, -0.2) is 18.6 Å². The highest BCUT2D eigenvalue weighted by atomic mass is 35.5. The lowest BCUT2D eigenvalue weighted by Crippen LogP contribution is -2.41. The fraction of sp³-hybridized carbons (Fsp3) is 0.278. The standard InChI is InChI=1S/C18H21ClN2O2/c1-2-16(23-17-11-7-6-10-14(17)19)18(22)21-12-15(20)13-8-4-3-5-9-13/h3-11,15-16H,2,12,20H2,1H3,(H,21,22). The molecule has 0 aliphatic heterocycles. The molecule has 2 rings (SSSR count). The van der Waals surface area contributed by atoms with Crippen LogP contribution in [-0.2, 0) is 4.79 Å². The predicted molar refractivity (Wildman–Crippen MR) is 92.5 cm³/mol. The molecular formula is C18H21ClN2O2. The molecule has 0 bridgehead atoms. The number of hydrogen-bond donors (Lipinski definition) is 2. The monoisotopic (exact) mass is 332 g/mol. The maximum atomic E-state index is 12.3. The first-order chi connectivity index (χ1) is 11.1. The summed E-state index contributed by atoms with van der Waals surface area (Å²) in [5.74, 6) is 0.308. The van der Waals surface area contributed by atoms with Gasteiger partial charge in [0, 0.05) is 12.6 Å². The Balaban J connectivity index is 1.91. The zero-order chi connectivity index (χ0) is 16.7. The lowest BCUT2D eigenvalue weighted by Gasteiger charge is -2.19. The number of nitrogens with two attached hydrogens (primary N) is 1. The summed E-state index contributed by atoms with van der Waals surface area (Å²) >= 11 is 6.06. The molecule has 0 aliphatic carbocycles. The van der Waals surface area contributed by atoms with Crippen LogP contribution in [0.15, 0.2) is 54.6 Å². The Bertz CT molecular complexity index is 634. The van der Waals surface area contributed by atoms with Crippen LogP contribution in [0.3, 0.4) is 0 Å². The lowest BCUT2D eigenvalue weighted by atomic mass is 10.1. The van der Waals surface area contributed by atoms with E-state index in [9.17, 15) is 4.79 Å². The van der Waals surface area contributed by atoms with Crippen molar-refractivity contribution in [3.8, 4) is 5.75 Å². The van der Waals surface area contributed by atoms with Gasteiger partial charge in [0.1, 0.15) is 5.75 Å². The van der Waals surface area contributed by atoms with E-state index in [-0.39, 0.29) is 11.9 Å². The number of para-hydroxylation sites is 1. The summed E-state index contributed by atoms with van der Waals surface area (Å²) in [6.07, 6.45) is -0.0599. The van der Waals surface area contributed by atoms with E-state index in [1.807, 2.05) is 49.4 Å². The van der Waals surface area contributed by atoms with Crippen LogP contribution in [0.25, 0.3) is 0 Å². The van der Waals surface area contributed by atoms with Crippen molar-refractivity contribution in [1.29, 1.82) is 0 Å². The molecule has 0 radical (unpaired) electrons.